The Balaban J connectivity index is 2.35. The molecule has 0 aliphatic heterocycles. The highest BCUT2D eigenvalue weighted by Gasteiger charge is 2.11. The summed E-state index contributed by atoms with van der Waals surface area (Å²) in [7, 11) is 0. The highest BCUT2D eigenvalue weighted by Crippen LogP contribution is 2.32. The quantitative estimate of drug-likeness (QED) is 0.663. The average Bonchev–Trinajstić information content (AvgIpc) is 2.46. The first-order valence-corrected chi connectivity index (χ1v) is 6.97. The van der Waals surface area contributed by atoms with Crippen LogP contribution >= 0.6 is 0 Å². The number of nitrogens with two attached hydrogens (primary N) is 1. The van der Waals surface area contributed by atoms with Gasteiger partial charge >= 0.3 is 0 Å². The minimum atomic E-state index is 0.125. The molecule has 0 fully saturated rings. The van der Waals surface area contributed by atoms with Gasteiger partial charge in [0.2, 0.25) is 0 Å². The number of rotatable bonds is 3. The van der Waals surface area contributed by atoms with Crippen LogP contribution in [0, 0.1) is 0 Å². The van der Waals surface area contributed by atoms with Crippen LogP contribution in [-0.4, -0.2) is 0 Å². The molecule has 3 aromatic rings. The van der Waals surface area contributed by atoms with Crippen LogP contribution in [0.3, 0.4) is 0 Å². The Bertz CT molecular complexity index is 715. The molecule has 1 heteroatoms. The van der Waals surface area contributed by atoms with Crippen LogP contribution in [0.1, 0.15) is 31.4 Å². The molecule has 2 N–H and O–H groups in total. The Kier molecular flexibility index (Phi) is 3.22. The smallest absolute Gasteiger partial charge is 0.0301 e. The first-order valence-electron chi connectivity index (χ1n) is 6.97. The molecule has 0 aromatic heterocycles. The topological polar surface area (TPSA) is 26.0 Å². The van der Waals surface area contributed by atoms with Gasteiger partial charge in [0.1, 0.15) is 0 Å². The molecule has 0 radical (unpaired) electrons. The minimum absolute atomic E-state index is 0.125. The van der Waals surface area contributed by atoms with Crippen molar-refractivity contribution in [3.63, 3.8) is 0 Å². The highest BCUT2D eigenvalue weighted by atomic mass is 14.6. The third kappa shape index (κ3) is 2.11. The van der Waals surface area contributed by atoms with Crippen molar-refractivity contribution in [3.8, 4) is 0 Å². The Morgan fingerprint density at radius 1 is 0.895 bits per heavy atom. The first kappa shape index (κ1) is 12.2. The highest BCUT2D eigenvalue weighted by molar-refractivity contribution is 6.09. The van der Waals surface area contributed by atoms with Crippen molar-refractivity contribution in [2.24, 2.45) is 5.73 Å². The zero-order chi connectivity index (χ0) is 13.2. The van der Waals surface area contributed by atoms with E-state index < -0.39 is 0 Å². The SMILES string of the molecule is CCC[C@@H](N)c1cc2ccccc2c2ccccc12. The second-order valence-electron chi connectivity index (χ2n) is 5.13. The molecule has 0 heterocycles. The maximum atomic E-state index is 6.36. The summed E-state index contributed by atoms with van der Waals surface area (Å²) in [6.45, 7) is 2.18. The lowest BCUT2D eigenvalue weighted by Crippen LogP contribution is -2.10. The Morgan fingerprint density at radius 3 is 2.26 bits per heavy atom. The lowest BCUT2D eigenvalue weighted by atomic mass is 9.92. The van der Waals surface area contributed by atoms with Gasteiger partial charge in [-0.05, 0) is 39.6 Å². The van der Waals surface area contributed by atoms with Crippen molar-refractivity contribution in [3.05, 3.63) is 60.2 Å². The van der Waals surface area contributed by atoms with E-state index >= 15 is 0 Å². The normalized spacial score (nSPS) is 12.9. The van der Waals surface area contributed by atoms with E-state index in [1.165, 1.54) is 27.1 Å². The molecule has 0 bridgehead atoms. The van der Waals surface area contributed by atoms with Crippen LogP contribution in [0.5, 0.6) is 0 Å². The molecule has 0 aliphatic carbocycles. The van der Waals surface area contributed by atoms with E-state index in [1.807, 2.05) is 0 Å². The summed E-state index contributed by atoms with van der Waals surface area (Å²) < 4.78 is 0. The Hall–Kier alpha value is -1.86. The number of fused-ring (bicyclic) bond motifs is 3. The van der Waals surface area contributed by atoms with Gasteiger partial charge in [-0.3, -0.25) is 0 Å². The van der Waals surface area contributed by atoms with Crippen molar-refractivity contribution >= 4 is 21.5 Å². The average molecular weight is 249 g/mol. The summed E-state index contributed by atoms with van der Waals surface area (Å²) in [5.41, 5.74) is 7.64. The molecule has 0 saturated carbocycles. The fraction of sp³-hybridized carbons (Fsp3) is 0.222. The molecule has 1 nitrogen and oxygen atoms in total. The number of benzene rings is 3. The second-order valence-corrected chi connectivity index (χ2v) is 5.13. The van der Waals surface area contributed by atoms with E-state index in [2.05, 4.69) is 61.5 Å². The zero-order valence-corrected chi connectivity index (χ0v) is 11.3. The van der Waals surface area contributed by atoms with E-state index in [4.69, 9.17) is 5.73 Å². The van der Waals surface area contributed by atoms with Gasteiger partial charge in [0.05, 0.1) is 0 Å². The predicted molar refractivity (Wildman–Crippen MR) is 83.3 cm³/mol. The third-order valence-corrected chi connectivity index (χ3v) is 3.80. The van der Waals surface area contributed by atoms with Crippen molar-refractivity contribution in [2.75, 3.05) is 0 Å². The van der Waals surface area contributed by atoms with Gasteiger partial charge in [-0.1, -0.05) is 61.9 Å². The van der Waals surface area contributed by atoms with Gasteiger partial charge in [-0.2, -0.15) is 0 Å². The maximum absolute atomic E-state index is 6.36. The van der Waals surface area contributed by atoms with E-state index in [1.54, 1.807) is 0 Å². The van der Waals surface area contributed by atoms with E-state index in [9.17, 15) is 0 Å². The largest absolute Gasteiger partial charge is 0.324 e. The molecule has 3 rings (SSSR count). The molecule has 3 aromatic carbocycles. The first-order chi connectivity index (χ1) is 9.31. The lowest BCUT2D eigenvalue weighted by molar-refractivity contribution is 0.643. The second kappa shape index (κ2) is 5.02. The number of hydrogen-bond donors (Lipinski definition) is 1. The molecule has 96 valence electrons. The van der Waals surface area contributed by atoms with Gasteiger partial charge in [0.25, 0.3) is 0 Å². The summed E-state index contributed by atoms with van der Waals surface area (Å²) in [6, 6.07) is 19.5. The van der Waals surface area contributed by atoms with Gasteiger partial charge in [-0.15, -0.1) is 0 Å². The molecule has 0 aliphatic rings. The summed E-state index contributed by atoms with van der Waals surface area (Å²) >= 11 is 0. The van der Waals surface area contributed by atoms with E-state index in [0.29, 0.717) is 0 Å². The molecule has 1 atom stereocenters. The van der Waals surface area contributed by atoms with E-state index in [0.717, 1.165) is 12.8 Å². The fourth-order valence-electron chi connectivity index (χ4n) is 2.86. The monoisotopic (exact) mass is 249 g/mol. The summed E-state index contributed by atoms with van der Waals surface area (Å²) in [5.74, 6) is 0. The van der Waals surface area contributed by atoms with Crippen LogP contribution in [0.4, 0.5) is 0 Å². The molecular weight excluding hydrogens is 230 g/mol. The molecule has 0 amide bonds. The lowest BCUT2D eigenvalue weighted by Gasteiger charge is -2.16. The van der Waals surface area contributed by atoms with Crippen LogP contribution in [0.2, 0.25) is 0 Å². The Labute approximate surface area is 114 Å². The molecule has 0 saturated heterocycles. The minimum Gasteiger partial charge on any atom is -0.324 e. The van der Waals surface area contributed by atoms with Crippen LogP contribution in [0.15, 0.2) is 54.6 Å². The summed E-state index contributed by atoms with van der Waals surface area (Å²) in [5, 5.41) is 5.19. The summed E-state index contributed by atoms with van der Waals surface area (Å²) in [4.78, 5) is 0. The maximum Gasteiger partial charge on any atom is 0.0301 e. The third-order valence-electron chi connectivity index (χ3n) is 3.80. The van der Waals surface area contributed by atoms with Crippen LogP contribution in [-0.2, 0) is 0 Å². The van der Waals surface area contributed by atoms with Gasteiger partial charge < -0.3 is 5.73 Å². The van der Waals surface area contributed by atoms with Crippen molar-refractivity contribution < 1.29 is 0 Å². The predicted octanol–water partition coefficient (Wildman–Crippen LogP) is 4.79. The number of hydrogen-bond acceptors (Lipinski definition) is 1. The van der Waals surface area contributed by atoms with Gasteiger partial charge in [0, 0.05) is 6.04 Å². The van der Waals surface area contributed by atoms with Crippen molar-refractivity contribution in [1.29, 1.82) is 0 Å². The van der Waals surface area contributed by atoms with Crippen molar-refractivity contribution in [2.45, 2.75) is 25.8 Å². The molecule has 0 unspecified atom stereocenters. The van der Waals surface area contributed by atoms with E-state index in [-0.39, 0.29) is 6.04 Å². The van der Waals surface area contributed by atoms with Gasteiger partial charge in [0.15, 0.2) is 0 Å². The fourth-order valence-corrected chi connectivity index (χ4v) is 2.86. The Morgan fingerprint density at radius 2 is 1.53 bits per heavy atom. The van der Waals surface area contributed by atoms with Crippen LogP contribution < -0.4 is 5.73 Å². The summed E-state index contributed by atoms with van der Waals surface area (Å²) in [6.07, 6.45) is 2.14. The van der Waals surface area contributed by atoms with Crippen molar-refractivity contribution in [1.82, 2.24) is 0 Å². The standard InChI is InChI=1S/C18H19N/c1-2-7-18(19)17-12-13-8-3-4-9-14(13)15-10-5-6-11-16(15)17/h3-6,8-12,18H,2,7,19H2,1H3/t18-/m1/s1. The molecule has 0 spiro atoms. The zero-order valence-electron chi connectivity index (χ0n) is 11.3. The molecule has 19 heavy (non-hydrogen) atoms. The molecular formula is C18H19N. The van der Waals surface area contributed by atoms with Gasteiger partial charge in [-0.25, -0.2) is 0 Å². The van der Waals surface area contributed by atoms with Crippen LogP contribution in [0.25, 0.3) is 21.5 Å².